The van der Waals surface area contributed by atoms with Crippen molar-refractivity contribution in [1.82, 2.24) is 0 Å². The van der Waals surface area contributed by atoms with Crippen molar-refractivity contribution in [1.29, 1.82) is 0 Å². The SMILES string of the molecule is Cc1ccc(C[NH2+][C@@H](C(=O)Nc2ccc(C)cc2)c2ccccc2)cc1. The van der Waals surface area contributed by atoms with Gasteiger partial charge in [0.05, 0.1) is 0 Å². The van der Waals surface area contributed by atoms with Crippen LogP contribution in [0, 0.1) is 13.8 Å². The molecular formula is C23H25N2O+. The summed E-state index contributed by atoms with van der Waals surface area (Å²) >= 11 is 0. The van der Waals surface area contributed by atoms with E-state index in [2.05, 4.69) is 41.8 Å². The molecule has 0 unspecified atom stereocenters. The number of benzene rings is 3. The summed E-state index contributed by atoms with van der Waals surface area (Å²) in [7, 11) is 0. The fraction of sp³-hybridized carbons (Fsp3) is 0.174. The summed E-state index contributed by atoms with van der Waals surface area (Å²) in [5.74, 6) is -0.00725. The Morgan fingerprint density at radius 2 is 1.42 bits per heavy atom. The van der Waals surface area contributed by atoms with Crippen molar-refractivity contribution in [2.75, 3.05) is 5.32 Å². The maximum absolute atomic E-state index is 12.9. The monoisotopic (exact) mass is 345 g/mol. The molecule has 3 aromatic carbocycles. The number of carbonyl (C=O) groups excluding carboxylic acids is 1. The second-order valence-electron chi connectivity index (χ2n) is 6.67. The van der Waals surface area contributed by atoms with Crippen molar-refractivity contribution in [2.45, 2.75) is 26.4 Å². The smallest absolute Gasteiger partial charge is 0.287 e. The highest BCUT2D eigenvalue weighted by Gasteiger charge is 2.24. The van der Waals surface area contributed by atoms with Crippen LogP contribution in [0.25, 0.3) is 0 Å². The first-order valence-corrected chi connectivity index (χ1v) is 8.93. The van der Waals surface area contributed by atoms with Crippen molar-refractivity contribution < 1.29 is 10.1 Å². The van der Waals surface area contributed by atoms with E-state index in [-0.39, 0.29) is 11.9 Å². The fourth-order valence-corrected chi connectivity index (χ4v) is 2.89. The lowest BCUT2D eigenvalue weighted by Gasteiger charge is -2.16. The number of nitrogens with two attached hydrogens (primary N) is 1. The van der Waals surface area contributed by atoms with Crippen LogP contribution in [-0.4, -0.2) is 5.91 Å². The van der Waals surface area contributed by atoms with Crippen LogP contribution >= 0.6 is 0 Å². The summed E-state index contributed by atoms with van der Waals surface area (Å²) in [5, 5.41) is 5.13. The number of rotatable bonds is 6. The van der Waals surface area contributed by atoms with Gasteiger partial charge in [-0.25, -0.2) is 0 Å². The Kier molecular flexibility index (Phi) is 5.82. The fourth-order valence-electron chi connectivity index (χ4n) is 2.89. The molecule has 0 heterocycles. The van der Waals surface area contributed by atoms with Gasteiger partial charge in [-0.1, -0.05) is 77.9 Å². The quantitative estimate of drug-likeness (QED) is 0.702. The molecule has 1 amide bonds. The molecule has 26 heavy (non-hydrogen) atoms. The summed E-state index contributed by atoms with van der Waals surface area (Å²) in [4.78, 5) is 12.9. The molecule has 0 aliphatic carbocycles. The van der Waals surface area contributed by atoms with Crippen molar-refractivity contribution in [3.8, 4) is 0 Å². The van der Waals surface area contributed by atoms with E-state index in [1.165, 1.54) is 16.7 Å². The van der Waals surface area contributed by atoms with Crippen LogP contribution in [-0.2, 0) is 11.3 Å². The van der Waals surface area contributed by atoms with Gasteiger partial charge in [-0.05, 0) is 26.0 Å². The molecule has 132 valence electrons. The molecule has 0 bridgehead atoms. The van der Waals surface area contributed by atoms with Crippen LogP contribution < -0.4 is 10.6 Å². The molecule has 3 N–H and O–H groups in total. The molecule has 1 atom stereocenters. The molecule has 0 fully saturated rings. The Morgan fingerprint density at radius 1 is 0.846 bits per heavy atom. The predicted molar refractivity (Wildman–Crippen MR) is 106 cm³/mol. The predicted octanol–water partition coefficient (Wildman–Crippen LogP) is 3.75. The molecule has 3 nitrogen and oxygen atoms in total. The number of hydrogen-bond donors (Lipinski definition) is 2. The van der Waals surface area contributed by atoms with E-state index in [4.69, 9.17) is 0 Å². The third kappa shape index (κ3) is 4.80. The molecule has 0 aliphatic rings. The van der Waals surface area contributed by atoms with E-state index >= 15 is 0 Å². The molecule has 0 saturated carbocycles. The number of anilines is 1. The molecule has 3 rings (SSSR count). The summed E-state index contributed by atoms with van der Waals surface area (Å²) in [6.07, 6.45) is 0. The first-order chi connectivity index (χ1) is 12.6. The summed E-state index contributed by atoms with van der Waals surface area (Å²) in [5.41, 5.74) is 5.45. The average molecular weight is 345 g/mol. The second-order valence-corrected chi connectivity index (χ2v) is 6.67. The van der Waals surface area contributed by atoms with Crippen molar-refractivity contribution in [2.24, 2.45) is 0 Å². The third-order valence-corrected chi connectivity index (χ3v) is 4.47. The maximum atomic E-state index is 12.9. The third-order valence-electron chi connectivity index (χ3n) is 4.47. The zero-order valence-electron chi connectivity index (χ0n) is 15.3. The largest absolute Gasteiger partial charge is 0.328 e. The van der Waals surface area contributed by atoms with Crippen molar-refractivity contribution >= 4 is 11.6 Å². The van der Waals surface area contributed by atoms with Gasteiger partial charge in [0.25, 0.3) is 5.91 Å². The highest BCUT2D eigenvalue weighted by Crippen LogP contribution is 2.14. The number of nitrogens with one attached hydrogen (secondary N) is 1. The number of amides is 1. The van der Waals surface area contributed by atoms with Gasteiger partial charge in [0, 0.05) is 16.8 Å². The molecule has 0 saturated heterocycles. The van der Waals surface area contributed by atoms with Crippen LogP contribution in [0.3, 0.4) is 0 Å². The van der Waals surface area contributed by atoms with Gasteiger partial charge in [0.1, 0.15) is 6.54 Å². The molecule has 0 aliphatic heterocycles. The number of carbonyl (C=O) groups is 1. The Bertz CT molecular complexity index is 840. The highest BCUT2D eigenvalue weighted by atomic mass is 16.2. The second kappa shape index (κ2) is 8.45. The van der Waals surface area contributed by atoms with Gasteiger partial charge in [0.2, 0.25) is 0 Å². The zero-order valence-corrected chi connectivity index (χ0v) is 15.3. The topological polar surface area (TPSA) is 45.7 Å². The van der Waals surface area contributed by atoms with E-state index < -0.39 is 0 Å². The van der Waals surface area contributed by atoms with Crippen LogP contribution in [0.5, 0.6) is 0 Å². The van der Waals surface area contributed by atoms with Crippen LogP contribution in [0.15, 0.2) is 78.9 Å². The van der Waals surface area contributed by atoms with E-state index in [1.54, 1.807) is 0 Å². The highest BCUT2D eigenvalue weighted by molar-refractivity contribution is 5.94. The minimum Gasteiger partial charge on any atom is -0.328 e. The summed E-state index contributed by atoms with van der Waals surface area (Å²) in [6.45, 7) is 4.87. The number of quaternary nitrogens is 1. The van der Waals surface area contributed by atoms with Crippen LogP contribution in [0.2, 0.25) is 0 Å². The normalized spacial score (nSPS) is 11.8. The Balaban J connectivity index is 1.75. The summed E-state index contributed by atoms with van der Waals surface area (Å²) in [6, 6.07) is 26.0. The number of hydrogen-bond acceptors (Lipinski definition) is 1. The first kappa shape index (κ1) is 17.9. The zero-order chi connectivity index (χ0) is 18.4. The number of aryl methyl sites for hydroxylation is 2. The lowest BCUT2D eigenvalue weighted by molar-refractivity contribution is -0.697. The van der Waals surface area contributed by atoms with Gasteiger partial charge in [-0.3, -0.25) is 4.79 Å². The average Bonchev–Trinajstić information content (AvgIpc) is 2.66. The van der Waals surface area contributed by atoms with Crippen LogP contribution in [0.4, 0.5) is 5.69 Å². The Labute approximate surface area is 155 Å². The van der Waals surface area contributed by atoms with Gasteiger partial charge in [0.15, 0.2) is 6.04 Å². The van der Waals surface area contributed by atoms with Gasteiger partial charge in [-0.2, -0.15) is 0 Å². The van der Waals surface area contributed by atoms with Gasteiger partial charge in [-0.15, -0.1) is 0 Å². The van der Waals surface area contributed by atoms with E-state index in [0.717, 1.165) is 17.8 Å². The Morgan fingerprint density at radius 3 is 2.04 bits per heavy atom. The van der Waals surface area contributed by atoms with Gasteiger partial charge >= 0.3 is 0 Å². The van der Waals surface area contributed by atoms with E-state index in [0.29, 0.717) is 0 Å². The molecule has 0 radical (unpaired) electrons. The van der Waals surface area contributed by atoms with E-state index in [1.807, 2.05) is 61.5 Å². The molecule has 3 heteroatoms. The van der Waals surface area contributed by atoms with Crippen molar-refractivity contribution in [3.05, 3.63) is 101 Å². The minimum atomic E-state index is -0.293. The van der Waals surface area contributed by atoms with E-state index in [9.17, 15) is 4.79 Å². The first-order valence-electron chi connectivity index (χ1n) is 8.93. The molecule has 0 aromatic heterocycles. The van der Waals surface area contributed by atoms with Crippen LogP contribution in [0.1, 0.15) is 28.3 Å². The molecule has 0 spiro atoms. The molecular weight excluding hydrogens is 320 g/mol. The minimum absolute atomic E-state index is 0.00725. The summed E-state index contributed by atoms with van der Waals surface area (Å²) < 4.78 is 0. The maximum Gasteiger partial charge on any atom is 0.287 e. The standard InChI is InChI=1S/C23H24N2O/c1-17-8-12-19(13-9-17)16-24-22(20-6-4-3-5-7-20)23(26)25-21-14-10-18(2)11-15-21/h3-15,22,24H,16H2,1-2H3,(H,25,26)/p+1/t22-/m1/s1. The lowest BCUT2D eigenvalue weighted by Crippen LogP contribution is -2.85. The van der Waals surface area contributed by atoms with Crippen molar-refractivity contribution in [3.63, 3.8) is 0 Å². The lowest BCUT2D eigenvalue weighted by atomic mass is 10.0. The molecule has 3 aromatic rings. The Hall–Kier alpha value is -2.91. The van der Waals surface area contributed by atoms with Gasteiger partial charge < -0.3 is 10.6 Å².